The molecule has 166 valence electrons. The standard InChI is InChI=1S/C23H19F2N7O/c24-15-6-10-18(11-7-15)28-22-30-21(26-14-20(33)27-17-4-2-1-3-5-17)31-23(32-22)29-19-12-8-16(25)9-13-19/h1-13H,14H2,(H,27,33)(H3,26,28,29,30,31,32). The van der Waals surface area contributed by atoms with Gasteiger partial charge in [-0.25, -0.2) is 8.78 Å². The molecule has 0 radical (unpaired) electrons. The van der Waals surface area contributed by atoms with Crippen molar-refractivity contribution in [2.45, 2.75) is 0 Å². The van der Waals surface area contributed by atoms with Crippen LogP contribution in [-0.4, -0.2) is 27.4 Å². The minimum Gasteiger partial charge on any atom is -0.345 e. The first-order valence-corrected chi connectivity index (χ1v) is 9.93. The van der Waals surface area contributed by atoms with E-state index in [1.165, 1.54) is 48.5 Å². The van der Waals surface area contributed by atoms with Crippen molar-refractivity contribution in [3.05, 3.63) is 90.5 Å². The fourth-order valence-electron chi connectivity index (χ4n) is 2.78. The lowest BCUT2D eigenvalue weighted by molar-refractivity contribution is -0.114. The van der Waals surface area contributed by atoms with Crippen molar-refractivity contribution in [2.24, 2.45) is 0 Å². The van der Waals surface area contributed by atoms with Gasteiger partial charge in [-0.15, -0.1) is 0 Å². The molecule has 1 amide bonds. The predicted octanol–water partition coefficient (Wildman–Crippen LogP) is 4.69. The Morgan fingerprint density at radius 2 is 1.12 bits per heavy atom. The molecule has 0 bridgehead atoms. The summed E-state index contributed by atoms with van der Waals surface area (Å²) in [7, 11) is 0. The zero-order valence-electron chi connectivity index (χ0n) is 17.2. The molecule has 8 nitrogen and oxygen atoms in total. The Bertz CT molecular complexity index is 1150. The van der Waals surface area contributed by atoms with E-state index in [4.69, 9.17) is 0 Å². The van der Waals surface area contributed by atoms with E-state index < -0.39 is 0 Å². The highest BCUT2D eigenvalue weighted by Gasteiger charge is 2.10. The van der Waals surface area contributed by atoms with Crippen LogP contribution in [0.1, 0.15) is 0 Å². The number of carbonyl (C=O) groups is 1. The largest absolute Gasteiger partial charge is 0.345 e. The van der Waals surface area contributed by atoms with Crippen LogP contribution < -0.4 is 21.3 Å². The maximum Gasteiger partial charge on any atom is 0.243 e. The highest BCUT2D eigenvalue weighted by molar-refractivity contribution is 5.93. The molecule has 3 aromatic carbocycles. The molecular formula is C23H19F2N7O. The second-order valence-corrected chi connectivity index (χ2v) is 6.84. The third kappa shape index (κ3) is 6.44. The molecule has 0 aliphatic carbocycles. The SMILES string of the molecule is O=C(CNc1nc(Nc2ccc(F)cc2)nc(Nc2ccc(F)cc2)n1)Nc1ccccc1. The van der Waals surface area contributed by atoms with Gasteiger partial charge in [-0.2, -0.15) is 15.0 Å². The summed E-state index contributed by atoms with van der Waals surface area (Å²) >= 11 is 0. The van der Waals surface area contributed by atoms with Crippen LogP contribution in [0.2, 0.25) is 0 Å². The Balaban J connectivity index is 1.51. The molecule has 0 unspecified atom stereocenters. The monoisotopic (exact) mass is 447 g/mol. The van der Waals surface area contributed by atoms with Crippen LogP contribution >= 0.6 is 0 Å². The molecule has 4 N–H and O–H groups in total. The number of nitrogens with one attached hydrogen (secondary N) is 4. The smallest absolute Gasteiger partial charge is 0.243 e. The van der Waals surface area contributed by atoms with Gasteiger partial charge in [0.2, 0.25) is 23.8 Å². The zero-order valence-corrected chi connectivity index (χ0v) is 17.2. The summed E-state index contributed by atoms with van der Waals surface area (Å²) < 4.78 is 26.4. The van der Waals surface area contributed by atoms with E-state index in [1.54, 1.807) is 12.1 Å². The number of benzene rings is 3. The van der Waals surface area contributed by atoms with Crippen LogP contribution in [0.4, 0.5) is 43.7 Å². The van der Waals surface area contributed by atoms with Gasteiger partial charge in [-0.3, -0.25) is 4.79 Å². The molecule has 0 saturated heterocycles. The third-order valence-electron chi connectivity index (χ3n) is 4.30. The van der Waals surface area contributed by atoms with Crippen LogP contribution in [0.15, 0.2) is 78.9 Å². The van der Waals surface area contributed by atoms with Gasteiger partial charge in [0.15, 0.2) is 0 Å². The first kappa shape index (κ1) is 21.6. The summed E-state index contributed by atoms with van der Waals surface area (Å²) in [6.07, 6.45) is 0. The summed E-state index contributed by atoms with van der Waals surface area (Å²) in [5.41, 5.74) is 1.78. The second kappa shape index (κ2) is 10.1. The number of nitrogens with zero attached hydrogens (tertiary/aromatic N) is 3. The normalized spacial score (nSPS) is 10.4. The number of hydrogen-bond acceptors (Lipinski definition) is 7. The van der Waals surface area contributed by atoms with Crippen molar-refractivity contribution >= 4 is 40.8 Å². The average Bonchev–Trinajstić information content (AvgIpc) is 2.81. The lowest BCUT2D eigenvalue weighted by atomic mass is 10.3. The van der Waals surface area contributed by atoms with Gasteiger partial charge in [0, 0.05) is 17.1 Å². The Labute approximate surface area is 188 Å². The Kier molecular flexibility index (Phi) is 6.64. The lowest BCUT2D eigenvalue weighted by Gasteiger charge is -2.12. The molecule has 0 atom stereocenters. The van der Waals surface area contributed by atoms with Crippen LogP contribution in [-0.2, 0) is 4.79 Å². The maximum atomic E-state index is 13.2. The molecule has 0 aliphatic heterocycles. The van der Waals surface area contributed by atoms with Gasteiger partial charge < -0.3 is 21.3 Å². The van der Waals surface area contributed by atoms with Crippen LogP contribution in [0.3, 0.4) is 0 Å². The van der Waals surface area contributed by atoms with Gasteiger partial charge in [-0.1, -0.05) is 18.2 Å². The summed E-state index contributed by atoms with van der Waals surface area (Å²) in [5, 5.41) is 11.5. The van der Waals surface area contributed by atoms with Gasteiger partial charge in [0.25, 0.3) is 0 Å². The molecule has 0 aliphatic rings. The fraction of sp³-hybridized carbons (Fsp3) is 0.0435. The minimum absolute atomic E-state index is 0.0924. The van der Waals surface area contributed by atoms with Crippen molar-refractivity contribution < 1.29 is 13.6 Å². The summed E-state index contributed by atoms with van der Waals surface area (Å²) in [6.45, 7) is -0.0924. The first-order valence-electron chi connectivity index (χ1n) is 9.93. The van der Waals surface area contributed by atoms with Crippen molar-refractivity contribution in [1.82, 2.24) is 15.0 Å². The van der Waals surface area contributed by atoms with Crippen LogP contribution in [0.25, 0.3) is 0 Å². The summed E-state index contributed by atoms with van der Waals surface area (Å²) in [4.78, 5) is 25.1. The molecule has 0 fully saturated rings. The molecule has 0 spiro atoms. The second-order valence-electron chi connectivity index (χ2n) is 6.84. The number of amides is 1. The lowest BCUT2D eigenvalue weighted by Crippen LogP contribution is -2.23. The number of rotatable bonds is 8. The van der Waals surface area contributed by atoms with Crippen molar-refractivity contribution in [3.8, 4) is 0 Å². The zero-order chi connectivity index (χ0) is 23.0. The average molecular weight is 447 g/mol. The number of para-hydroxylation sites is 1. The van der Waals surface area contributed by atoms with Crippen LogP contribution in [0.5, 0.6) is 0 Å². The maximum absolute atomic E-state index is 13.2. The minimum atomic E-state index is -0.373. The third-order valence-corrected chi connectivity index (χ3v) is 4.30. The number of anilines is 6. The molecule has 10 heteroatoms. The summed E-state index contributed by atoms with van der Waals surface area (Å²) in [5.74, 6) is -0.590. The highest BCUT2D eigenvalue weighted by atomic mass is 19.1. The number of hydrogen-bond donors (Lipinski definition) is 4. The fourth-order valence-corrected chi connectivity index (χ4v) is 2.78. The number of aromatic nitrogens is 3. The van der Waals surface area contributed by atoms with E-state index in [-0.39, 0.29) is 41.9 Å². The van der Waals surface area contributed by atoms with E-state index in [0.717, 1.165) is 0 Å². The topological polar surface area (TPSA) is 104 Å². The van der Waals surface area contributed by atoms with E-state index in [0.29, 0.717) is 17.1 Å². The number of carbonyl (C=O) groups excluding carboxylic acids is 1. The highest BCUT2D eigenvalue weighted by Crippen LogP contribution is 2.19. The Morgan fingerprint density at radius 1 is 0.636 bits per heavy atom. The molecule has 0 saturated carbocycles. The Morgan fingerprint density at radius 3 is 1.64 bits per heavy atom. The molecule has 4 rings (SSSR count). The van der Waals surface area contributed by atoms with Gasteiger partial charge in [-0.05, 0) is 60.7 Å². The van der Waals surface area contributed by atoms with E-state index in [9.17, 15) is 13.6 Å². The Hall–Kier alpha value is -4.60. The van der Waals surface area contributed by atoms with Gasteiger partial charge in [0.1, 0.15) is 11.6 Å². The summed E-state index contributed by atoms with van der Waals surface area (Å²) in [6, 6.07) is 20.4. The van der Waals surface area contributed by atoms with E-state index >= 15 is 0 Å². The molecule has 1 heterocycles. The van der Waals surface area contributed by atoms with E-state index in [2.05, 4.69) is 36.2 Å². The van der Waals surface area contributed by atoms with Crippen molar-refractivity contribution in [3.63, 3.8) is 0 Å². The molecule has 1 aromatic heterocycles. The van der Waals surface area contributed by atoms with Gasteiger partial charge in [0.05, 0.1) is 6.54 Å². The molecule has 4 aromatic rings. The molecule has 33 heavy (non-hydrogen) atoms. The van der Waals surface area contributed by atoms with E-state index in [1.807, 2.05) is 18.2 Å². The van der Waals surface area contributed by atoms with Crippen molar-refractivity contribution in [1.29, 1.82) is 0 Å². The first-order chi connectivity index (χ1) is 16.0. The predicted molar refractivity (Wildman–Crippen MR) is 123 cm³/mol. The van der Waals surface area contributed by atoms with Crippen LogP contribution in [0, 0.1) is 11.6 Å². The quantitative estimate of drug-likeness (QED) is 0.311. The number of halogens is 2. The van der Waals surface area contributed by atoms with Crippen molar-refractivity contribution in [2.75, 3.05) is 27.8 Å². The van der Waals surface area contributed by atoms with Gasteiger partial charge >= 0.3 is 0 Å². The molecular weight excluding hydrogens is 428 g/mol.